The number of hydrogen-bond acceptors (Lipinski definition) is 4. The van der Waals surface area contributed by atoms with Gasteiger partial charge in [0.15, 0.2) is 0 Å². The normalized spacial score (nSPS) is 18.4. The standard InChI is InChI=1S/C17H27N3O4S/c1-17(2,3)24-16(21)20-11-7-10-15(20)13-19-25(22,23)18-12-14-8-5-4-6-9-14/h4-6,8-9,15,18-19H,7,10-13H2,1-3H3/t15-/m0/s1. The average molecular weight is 369 g/mol. The second-order valence-electron chi connectivity index (χ2n) is 7.13. The SMILES string of the molecule is CC(C)(C)OC(=O)N1CCC[C@H]1CNS(=O)(=O)NCc1ccccc1. The van der Waals surface area contributed by atoms with Gasteiger partial charge in [-0.2, -0.15) is 13.1 Å². The Morgan fingerprint density at radius 3 is 2.56 bits per heavy atom. The van der Waals surface area contributed by atoms with Crippen LogP contribution in [0.3, 0.4) is 0 Å². The molecule has 8 heteroatoms. The first-order valence-electron chi connectivity index (χ1n) is 8.44. The van der Waals surface area contributed by atoms with Gasteiger partial charge in [0.2, 0.25) is 0 Å². The molecule has 1 amide bonds. The van der Waals surface area contributed by atoms with Gasteiger partial charge in [-0.05, 0) is 39.2 Å². The number of carbonyl (C=O) groups excluding carboxylic acids is 1. The summed E-state index contributed by atoms with van der Waals surface area (Å²) in [5, 5.41) is 0. The molecule has 2 N–H and O–H groups in total. The minimum Gasteiger partial charge on any atom is -0.444 e. The van der Waals surface area contributed by atoms with Crippen molar-refractivity contribution in [2.45, 2.75) is 51.8 Å². The zero-order chi connectivity index (χ0) is 18.5. The summed E-state index contributed by atoms with van der Waals surface area (Å²) in [4.78, 5) is 13.8. The Bertz CT molecular complexity index is 671. The molecule has 1 heterocycles. The third-order valence-electron chi connectivity index (χ3n) is 3.82. The highest BCUT2D eigenvalue weighted by Crippen LogP contribution is 2.20. The molecule has 25 heavy (non-hydrogen) atoms. The van der Waals surface area contributed by atoms with Gasteiger partial charge in [0.05, 0.1) is 0 Å². The monoisotopic (exact) mass is 369 g/mol. The van der Waals surface area contributed by atoms with Crippen LogP contribution in [0.15, 0.2) is 30.3 Å². The van der Waals surface area contributed by atoms with Gasteiger partial charge in [0.1, 0.15) is 5.60 Å². The first-order chi connectivity index (χ1) is 11.7. The van der Waals surface area contributed by atoms with E-state index in [0.717, 1.165) is 18.4 Å². The highest BCUT2D eigenvalue weighted by molar-refractivity contribution is 7.87. The van der Waals surface area contributed by atoms with Crippen LogP contribution in [0.2, 0.25) is 0 Å². The summed E-state index contributed by atoms with van der Waals surface area (Å²) in [7, 11) is -3.63. The van der Waals surface area contributed by atoms with Gasteiger partial charge in [0, 0.05) is 25.7 Å². The lowest BCUT2D eigenvalue weighted by Crippen LogP contribution is -2.47. The number of amides is 1. The van der Waals surface area contributed by atoms with Crippen molar-refractivity contribution in [3.8, 4) is 0 Å². The number of nitrogens with one attached hydrogen (secondary N) is 2. The lowest BCUT2D eigenvalue weighted by Gasteiger charge is -2.28. The van der Waals surface area contributed by atoms with Crippen LogP contribution in [-0.4, -0.2) is 44.1 Å². The Morgan fingerprint density at radius 1 is 1.24 bits per heavy atom. The summed E-state index contributed by atoms with van der Waals surface area (Å²) < 4.78 is 34.6. The van der Waals surface area contributed by atoms with Crippen molar-refractivity contribution in [1.29, 1.82) is 0 Å². The second-order valence-corrected chi connectivity index (χ2v) is 8.71. The van der Waals surface area contributed by atoms with E-state index in [1.54, 1.807) is 4.90 Å². The molecule has 0 unspecified atom stereocenters. The largest absolute Gasteiger partial charge is 0.444 e. The molecule has 1 aliphatic rings. The molecule has 1 saturated heterocycles. The molecule has 1 aromatic rings. The quantitative estimate of drug-likeness (QED) is 0.803. The molecule has 7 nitrogen and oxygen atoms in total. The zero-order valence-electron chi connectivity index (χ0n) is 15.0. The smallest absolute Gasteiger partial charge is 0.410 e. The predicted molar refractivity (Wildman–Crippen MR) is 96.2 cm³/mol. The van der Waals surface area contributed by atoms with Gasteiger partial charge in [0.25, 0.3) is 10.2 Å². The van der Waals surface area contributed by atoms with E-state index < -0.39 is 21.9 Å². The summed E-state index contributed by atoms with van der Waals surface area (Å²) in [6.07, 6.45) is 1.19. The molecule has 0 bridgehead atoms. The van der Waals surface area contributed by atoms with Crippen molar-refractivity contribution in [1.82, 2.24) is 14.3 Å². The lowest BCUT2D eigenvalue weighted by atomic mass is 10.2. The number of carbonyl (C=O) groups is 1. The van der Waals surface area contributed by atoms with Crippen molar-refractivity contribution < 1.29 is 17.9 Å². The predicted octanol–water partition coefficient (Wildman–Crippen LogP) is 2.01. The third kappa shape index (κ3) is 6.64. The van der Waals surface area contributed by atoms with E-state index in [4.69, 9.17) is 4.74 Å². The van der Waals surface area contributed by atoms with E-state index in [-0.39, 0.29) is 19.1 Å². The Hall–Kier alpha value is -1.64. The molecule has 140 valence electrons. The van der Waals surface area contributed by atoms with Crippen LogP contribution in [0, 0.1) is 0 Å². The Labute approximate surface area is 149 Å². The number of nitrogens with zero attached hydrogens (tertiary/aromatic N) is 1. The van der Waals surface area contributed by atoms with Crippen LogP contribution in [-0.2, 0) is 21.5 Å². The van der Waals surface area contributed by atoms with Crippen molar-refractivity contribution in [2.75, 3.05) is 13.1 Å². The first-order valence-corrected chi connectivity index (χ1v) is 9.92. The van der Waals surface area contributed by atoms with E-state index in [2.05, 4.69) is 9.44 Å². The van der Waals surface area contributed by atoms with Crippen LogP contribution < -0.4 is 9.44 Å². The number of likely N-dealkylation sites (tertiary alicyclic amines) is 1. The average Bonchev–Trinajstić information content (AvgIpc) is 2.99. The Balaban J connectivity index is 1.85. The van der Waals surface area contributed by atoms with Gasteiger partial charge in [-0.3, -0.25) is 0 Å². The maximum atomic E-state index is 12.2. The lowest BCUT2D eigenvalue weighted by molar-refractivity contribution is 0.0229. The molecule has 0 aromatic heterocycles. The van der Waals surface area contributed by atoms with E-state index in [1.165, 1.54) is 0 Å². The van der Waals surface area contributed by atoms with E-state index in [9.17, 15) is 13.2 Å². The maximum absolute atomic E-state index is 12.2. The van der Waals surface area contributed by atoms with Crippen LogP contribution in [0.5, 0.6) is 0 Å². The molecule has 1 fully saturated rings. The number of hydrogen-bond donors (Lipinski definition) is 2. The number of rotatable bonds is 6. The molecular formula is C17H27N3O4S. The van der Waals surface area contributed by atoms with Gasteiger partial charge >= 0.3 is 6.09 Å². The van der Waals surface area contributed by atoms with E-state index in [0.29, 0.717) is 6.54 Å². The summed E-state index contributed by atoms with van der Waals surface area (Å²) in [6, 6.07) is 9.10. The molecule has 1 atom stereocenters. The van der Waals surface area contributed by atoms with Crippen molar-refractivity contribution in [3.63, 3.8) is 0 Å². The second kappa shape index (κ2) is 8.16. The molecule has 1 aromatic carbocycles. The summed E-state index contributed by atoms with van der Waals surface area (Å²) in [5.74, 6) is 0. The molecule has 0 aliphatic carbocycles. The van der Waals surface area contributed by atoms with Crippen molar-refractivity contribution >= 4 is 16.3 Å². The summed E-state index contributed by atoms with van der Waals surface area (Å²) >= 11 is 0. The van der Waals surface area contributed by atoms with Crippen molar-refractivity contribution in [3.05, 3.63) is 35.9 Å². The fourth-order valence-corrected chi connectivity index (χ4v) is 3.51. The van der Waals surface area contributed by atoms with Gasteiger partial charge in [-0.15, -0.1) is 0 Å². The topological polar surface area (TPSA) is 87.7 Å². The highest BCUT2D eigenvalue weighted by atomic mass is 32.2. The van der Waals surface area contributed by atoms with E-state index >= 15 is 0 Å². The molecule has 0 spiro atoms. The van der Waals surface area contributed by atoms with Crippen molar-refractivity contribution in [2.24, 2.45) is 0 Å². The van der Waals surface area contributed by atoms with Crippen LogP contribution in [0.1, 0.15) is 39.2 Å². The van der Waals surface area contributed by atoms with Gasteiger partial charge in [-0.1, -0.05) is 30.3 Å². The number of ether oxygens (including phenoxy) is 1. The molecule has 0 radical (unpaired) electrons. The molecule has 1 aliphatic heterocycles. The molecule has 2 rings (SSSR count). The van der Waals surface area contributed by atoms with E-state index in [1.807, 2.05) is 51.1 Å². The maximum Gasteiger partial charge on any atom is 0.410 e. The highest BCUT2D eigenvalue weighted by Gasteiger charge is 2.32. The molecule has 0 saturated carbocycles. The summed E-state index contributed by atoms with van der Waals surface area (Å²) in [6.45, 7) is 6.41. The minimum absolute atomic E-state index is 0.170. The molecular weight excluding hydrogens is 342 g/mol. The Kier molecular flexibility index (Phi) is 6.42. The van der Waals surface area contributed by atoms with Crippen LogP contribution in [0.25, 0.3) is 0 Å². The van der Waals surface area contributed by atoms with Gasteiger partial charge in [-0.25, -0.2) is 9.52 Å². The van der Waals surface area contributed by atoms with Crippen LogP contribution in [0.4, 0.5) is 4.79 Å². The fourth-order valence-electron chi connectivity index (χ4n) is 2.64. The first kappa shape index (κ1) is 19.7. The minimum atomic E-state index is -3.63. The zero-order valence-corrected chi connectivity index (χ0v) is 15.8. The number of benzene rings is 1. The third-order valence-corrected chi connectivity index (χ3v) is 4.89. The summed E-state index contributed by atoms with van der Waals surface area (Å²) in [5.41, 5.74) is 0.310. The fraction of sp³-hybridized carbons (Fsp3) is 0.588. The Morgan fingerprint density at radius 2 is 1.92 bits per heavy atom. The van der Waals surface area contributed by atoms with Gasteiger partial charge < -0.3 is 9.64 Å². The van der Waals surface area contributed by atoms with Crippen LogP contribution >= 0.6 is 0 Å².